The van der Waals surface area contributed by atoms with Crippen molar-refractivity contribution in [1.82, 2.24) is 4.90 Å². The second kappa shape index (κ2) is 5.11. The molecule has 1 aromatic carbocycles. The fraction of sp³-hybridized carbons (Fsp3) is 0.533. The predicted octanol–water partition coefficient (Wildman–Crippen LogP) is 2.75. The molecule has 0 aliphatic carbocycles. The molecule has 0 radical (unpaired) electrons. The largest absolute Gasteiger partial charge is 0.324 e. The van der Waals surface area contributed by atoms with Crippen LogP contribution >= 0.6 is 0 Å². The van der Waals surface area contributed by atoms with Crippen LogP contribution in [-0.4, -0.2) is 29.4 Å². The highest BCUT2D eigenvalue weighted by Gasteiger charge is 2.46. The van der Waals surface area contributed by atoms with Crippen LogP contribution in [0.2, 0.25) is 0 Å². The van der Waals surface area contributed by atoms with E-state index in [9.17, 15) is 4.79 Å². The number of anilines is 1. The highest BCUT2D eigenvalue weighted by Crippen LogP contribution is 2.32. The van der Waals surface area contributed by atoms with E-state index in [0.717, 1.165) is 25.2 Å². The summed E-state index contributed by atoms with van der Waals surface area (Å²) in [6.45, 7) is 8.43. The first kappa shape index (κ1) is 13.1. The lowest BCUT2D eigenvalue weighted by atomic mass is 9.84. The van der Waals surface area contributed by atoms with E-state index in [2.05, 4.69) is 24.1 Å². The number of hydrogen-bond acceptors (Lipinski definition) is 2. The van der Waals surface area contributed by atoms with E-state index in [-0.39, 0.29) is 11.4 Å². The molecule has 1 aliphatic heterocycles. The Bertz CT molecular complexity index is 416. The lowest BCUT2D eigenvalue weighted by Gasteiger charge is -2.49. The summed E-state index contributed by atoms with van der Waals surface area (Å²) in [6, 6.07) is 9.67. The molecule has 1 N–H and O–H groups in total. The van der Waals surface area contributed by atoms with Crippen molar-refractivity contribution in [1.29, 1.82) is 0 Å². The molecule has 0 spiro atoms. The topological polar surface area (TPSA) is 32.3 Å². The van der Waals surface area contributed by atoms with Gasteiger partial charge in [-0.05, 0) is 31.4 Å². The molecule has 1 saturated heterocycles. The van der Waals surface area contributed by atoms with Gasteiger partial charge < -0.3 is 5.32 Å². The number of benzene rings is 1. The molecule has 1 amide bonds. The van der Waals surface area contributed by atoms with Gasteiger partial charge in [0.2, 0.25) is 5.91 Å². The zero-order valence-electron chi connectivity index (χ0n) is 11.4. The Kier molecular flexibility index (Phi) is 3.71. The van der Waals surface area contributed by atoms with Crippen molar-refractivity contribution < 1.29 is 4.79 Å². The Morgan fingerprint density at radius 2 is 2.06 bits per heavy atom. The summed E-state index contributed by atoms with van der Waals surface area (Å²) in [5.74, 6) is 0.703. The van der Waals surface area contributed by atoms with Gasteiger partial charge in [0.05, 0.1) is 5.54 Å². The summed E-state index contributed by atoms with van der Waals surface area (Å²) in [6.07, 6.45) is 0.943. The number of nitrogens with one attached hydrogen (secondary N) is 1. The molecule has 18 heavy (non-hydrogen) atoms. The number of amides is 1. The number of nitrogens with zero attached hydrogens (tertiary/aromatic N) is 1. The van der Waals surface area contributed by atoms with Crippen molar-refractivity contribution in [2.24, 2.45) is 5.92 Å². The molecular formula is C15H22N2O. The highest BCUT2D eigenvalue weighted by atomic mass is 16.2. The van der Waals surface area contributed by atoms with Gasteiger partial charge in [0.25, 0.3) is 0 Å². The maximum Gasteiger partial charge on any atom is 0.244 e. The van der Waals surface area contributed by atoms with Crippen LogP contribution < -0.4 is 5.32 Å². The van der Waals surface area contributed by atoms with Crippen LogP contribution in [0.1, 0.15) is 27.2 Å². The first-order chi connectivity index (χ1) is 8.52. The minimum atomic E-state index is -0.333. The third kappa shape index (κ3) is 2.56. The molecule has 0 saturated carbocycles. The summed E-state index contributed by atoms with van der Waals surface area (Å²) in [5, 5.41) is 3.01. The molecule has 3 nitrogen and oxygen atoms in total. The van der Waals surface area contributed by atoms with Crippen LogP contribution in [-0.2, 0) is 4.79 Å². The molecule has 98 valence electrons. The van der Waals surface area contributed by atoms with Gasteiger partial charge in [-0.1, -0.05) is 32.0 Å². The Morgan fingerprint density at radius 1 is 1.39 bits per heavy atom. The van der Waals surface area contributed by atoms with Crippen molar-refractivity contribution in [2.45, 2.75) is 32.7 Å². The van der Waals surface area contributed by atoms with Gasteiger partial charge in [0.15, 0.2) is 0 Å². The molecule has 1 aliphatic rings. The van der Waals surface area contributed by atoms with Gasteiger partial charge >= 0.3 is 0 Å². The summed E-state index contributed by atoms with van der Waals surface area (Å²) in [5.41, 5.74) is 0.542. The summed E-state index contributed by atoms with van der Waals surface area (Å²) in [4.78, 5) is 14.6. The van der Waals surface area contributed by atoms with E-state index in [0.29, 0.717) is 5.92 Å². The Balaban J connectivity index is 2.00. The highest BCUT2D eigenvalue weighted by molar-refractivity contribution is 5.98. The van der Waals surface area contributed by atoms with Crippen molar-refractivity contribution >= 4 is 11.6 Å². The number of carbonyl (C=O) groups is 1. The standard InChI is InChI=1S/C15H22N2O/c1-12(2)11-17-10-9-15(17,3)14(18)16-13-7-5-4-6-8-13/h4-8,12H,9-11H2,1-3H3,(H,16,18). The van der Waals surface area contributed by atoms with Crippen LogP contribution in [0.3, 0.4) is 0 Å². The zero-order chi connectivity index (χ0) is 13.2. The third-order valence-electron chi connectivity index (χ3n) is 3.67. The van der Waals surface area contributed by atoms with Crippen molar-refractivity contribution in [3.8, 4) is 0 Å². The number of para-hydroxylation sites is 1. The summed E-state index contributed by atoms with van der Waals surface area (Å²) < 4.78 is 0. The van der Waals surface area contributed by atoms with Crippen molar-refractivity contribution in [3.05, 3.63) is 30.3 Å². The van der Waals surface area contributed by atoms with Crippen molar-refractivity contribution in [2.75, 3.05) is 18.4 Å². The van der Waals surface area contributed by atoms with Gasteiger partial charge in [-0.2, -0.15) is 0 Å². The fourth-order valence-electron chi connectivity index (χ4n) is 2.38. The van der Waals surface area contributed by atoms with Crippen LogP contribution in [0.4, 0.5) is 5.69 Å². The Labute approximate surface area is 109 Å². The van der Waals surface area contributed by atoms with Gasteiger partial charge in [0, 0.05) is 18.8 Å². The Hall–Kier alpha value is -1.35. The van der Waals surface area contributed by atoms with E-state index in [1.807, 2.05) is 37.3 Å². The smallest absolute Gasteiger partial charge is 0.244 e. The van der Waals surface area contributed by atoms with E-state index in [4.69, 9.17) is 0 Å². The number of rotatable bonds is 4. The van der Waals surface area contributed by atoms with Crippen LogP contribution in [0.15, 0.2) is 30.3 Å². The van der Waals surface area contributed by atoms with E-state index in [1.54, 1.807) is 0 Å². The molecule has 1 fully saturated rings. The first-order valence-electron chi connectivity index (χ1n) is 6.64. The first-order valence-corrected chi connectivity index (χ1v) is 6.64. The van der Waals surface area contributed by atoms with Gasteiger partial charge in [-0.15, -0.1) is 0 Å². The number of likely N-dealkylation sites (tertiary alicyclic amines) is 1. The Morgan fingerprint density at radius 3 is 2.56 bits per heavy atom. The summed E-state index contributed by atoms with van der Waals surface area (Å²) in [7, 11) is 0. The van der Waals surface area contributed by atoms with E-state index >= 15 is 0 Å². The van der Waals surface area contributed by atoms with Gasteiger partial charge in [-0.25, -0.2) is 0 Å². The molecule has 1 unspecified atom stereocenters. The van der Waals surface area contributed by atoms with E-state index in [1.165, 1.54) is 0 Å². The molecule has 1 aromatic rings. The predicted molar refractivity (Wildman–Crippen MR) is 74.5 cm³/mol. The zero-order valence-corrected chi connectivity index (χ0v) is 11.4. The minimum absolute atomic E-state index is 0.112. The van der Waals surface area contributed by atoms with Crippen LogP contribution in [0.25, 0.3) is 0 Å². The van der Waals surface area contributed by atoms with Gasteiger partial charge in [0.1, 0.15) is 0 Å². The molecule has 1 heterocycles. The maximum absolute atomic E-state index is 12.4. The molecule has 0 bridgehead atoms. The molecule has 0 aromatic heterocycles. The van der Waals surface area contributed by atoms with Crippen LogP contribution in [0, 0.1) is 5.92 Å². The second-order valence-electron chi connectivity index (χ2n) is 5.68. The SMILES string of the molecule is CC(C)CN1CCC1(C)C(=O)Nc1ccccc1. The number of hydrogen-bond donors (Lipinski definition) is 1. The molecule has 2 rings (SSSR count). The quantitative estimate of drug-likeness (QED) is 0.886. The average molecular weight is 246 g/mol. The molecular weight excluding hydrogens is 224 g/mol. The number of carbonyl (C=O) groups excluding carboxylic acids is 1. The average Bonchev–Trinajstić information content (AvgIpc) is 2.35. The lowest BCUT2D eigenvalue weighted by Crippen LogP contribution is -2.64. The lowest BCUT2D eigenvalue weighted by molar-refractivity contribution is -0.136. The van der Waals surface area contributed by atoms with Gasteiger partial charge in [-0.3, -0.25) is 9.69 Å². The summed E-state index contributed by atoms with van der Waals surface area (Å²) >= 11 is 0. The molecule has 1 atom stereocenters. The molecule has 3 heteroatoms. The monoisotopic (exact) mass is 246 g/mol. The van der Waals surface area contributed by atoms with E-state index < -0.39 is 0 Å². The van der Waals surface area contributed by atoms with Crippen molar-refractivity contribution in [3.63, 3.8) is 0 Å². The minimum Gasteiger partial charge on any atom is -0.324 e. The maximum atomic E-state index is 12.4. The normalized spacial score (nSPS) is 23.8. The fourth-order valence-corrected chi connectivity index (χ4v) is 2.38. The van der Waals surface area contributed by atoms with Crippen LogP contribution in [0.5, 0.6) is 0 Å². The third-order valence-corrected chi connectivity index (χ3v) is 3.67. The second-order valence-corrected chi connectivity index (χ2v) is 5.68.